The molecule has 0 bridgehead atoms. The number of amides is 1. The van der Waals surface area contributed by atoms with Crippen molar-refractivity contribution in [1.82, 2.24) is 4.90 Å². The molecule has 1 amide bonds. The van der Waals surface area contributed by atoms with E-state index in [-0.39, 0.29) is 18.3 Å². The van der Waals surface area contributed by atoms with Crippen molar-refractivity contribution in [1.29, 1.82) is 0 Å². The minimum atomic E-state index is -0.475. The van der Waals surface area contributed by atoms with Crippen LogP contribution >= 0.6 is 12.4 Å². The second kappa shape index (κ2) is 4.53. The normalized spacial score (nSPS) is 25.1. The Morgan fingerprint density at radius 3 is 2.19 bits per heavy atom. The number of likely N-dealkylation sites (tertiary alicyclic amines) is 1. The molecule has 0 atom stereocenters. The lowest BCUT2D eigenvalue weighted by Crippen LogP contribution is -2.45. The largest absolute Gasteiger partial charge is 0.341 e. The third-order valence-corrected chi connectivity index (χ3v) is 4.44. The van der Waals surface area contributed by atoms with E-state index in [4.69, 9.17) is 5.73 Å². The molecule has 1 aliphatic heterocycles. The van der Waals surface area contributed by atoms with Gasteiger partial charge in [0.25, 0.3) is 0 Å². The summed E-state index contributed by atoms with van der Waals surface area (Å²) in [5.41, 5.74) is 5.85. The minimum Gasteiger partial charge on any atom is -0.341 e. The van der Waals surface area contributed by atoms with Gasteiger partial charge in [-0.1, -0.05) is 13.8 Å². The van der Waals surface area contributed by atoms with Gasteiger partial charge in [-0.25, -0.2) is 0 Å². The summed E-state index contributed by atoms with van der Waals surface area (Å²) in [5, 5.41) is 0. The van der Waals surface area contributed by atoms with Gasteiger partial charge in [0.05, 0.1) is 5.54 Å². The van der Waals surface area contributed by atoms with Crippen molar-refractivity contribution in [2.45, 2.75) is 51.5 Å². The van der Waals surface area contributed by atoms with Gasteiger partial charge in [0.1, 0.15) is 0 Å². The Hall–Kier alpha value is -0.280. The Kier molecular flexibility index (Phi) is 3.91. The first kappa shape index (κ1) is 13.8. The summed E-state index contributed by atoms with van der Waals surface area (Å²) in [5.74, 6) is 0.200. The quantitative estimate of drug-likeness (QED) is 0.827. The van der Waals surface area contributed by atoms with Gasteiger partial charge in [0.2, 0.25) is 5.91 Å². The number of halogens is 1. The molecule has 2 N–H and O–H groups in total. The zero-order chi connectivity index (χ0) is 11.1. The Bertz CT molecular complexity index is 272. The topological polar surface area (TPSA) is 46.3 Å². The van der Waals surface area contributed by atoms with Crippen LogP contribution in [0.25, 0.3) is 0 Å². The van der Waals surface area contributed by atoms with Crippen LogP contribution in [-0.2, 0) is 4.79 Å². The zero-order valence-corrected chi connectivity index (χ0v) is 11.1. The van der Waals surface area contributed by atoms with E-state index in [1.165, 1.54) is 12.8 Å². The number of hydrogen-bond donors (Lipinski definition) is 1. The van der Waals surface area contributed by atoms with Gasteiger partial charge in [-0.3, -0.25) is 4.79 Å². The standard InChI is InChI=1S/C12H22N2O.ClH/c1-3-11(4-2)7-8-14(9-11)10(15)12(13)5-6-12;/h3-9,13H2,1-2H3;1H. The first-order chi connectivity index (χ1) is 7.05. The summed E-state index contributed by atoms with van der Waals surface area (Å²) in [6, 6.07) is 0. The molecule has 2 fully saturated rings. The van der Waals surface area contributed by atoms with Crippen molar-refractivity contribution in [2.75, 3.05) is 13.1 Å². The van der Waals surface area contributed by atoms with E-state index < -0.39 is 5.54 Å². The Labute approximate surface area is 104 Å². The van der Waals surface area contributed by atoms with Crippen LogP contribution in [0.4, 0.5) is 0 Å². The lowest BCUT2D eigenvalue weighted by molar-refractivity contribution is -0.133. The van der Waals surface area contributed by atoms with Crippen molar-refractivity contribution in [3.05, 3.63) is 0 Å². The predicted octanol–water partition coefficient (Wildman–Crippen LogP) is 1.94. The van der Waals surface area contributed by atoms with E-state index in [2.05, 4.69) is 13.8 Å². The molecular formula is C12H23ClN2O. The zero-order valence-electron chi connectivity index (χ0n) is 10.3. The Morgan fingerprint density at radius 2 is 1.81 bits per heavy atom. The third-order valence-electron chi connectivity index (χ3n) is 4.44. The molecule has 3 nitrogen and oxygen atoms in total. The van der Waals surface area contributed by atoms with Crippen LogP contribution < -0.4 is 5.73 Å². The van der Waals surface area contributed by atoms with Crippen LogP contribution in [0.3, 0.4) is 0 Å². The highest BCUT2D eigenvalue weighted by atomic mass is 35.5. The second-order valence-electron chi connectivity index (χ2n) is 5.34. The SMILES string of the molecule is CCC1(CC)CCN(C(=O)C2(N)CC2)C1.Cl. The van der Waals surface area contributed by atoms with E-state index in [0.717, 1.165) is 32.4 Å². The fourth-order valence-corrected chi connectivity index (χ4v) is 2.60. The first-order valence-corrected chi connectivity index (χ1v) is 6.13. The lowest BCUT2D eigenvalue weighted by Gasteiger charge is -2.27. The summed E-state index contributed by atoms with van der Waals surface area (Å²) in [6.45, 7) is 6.30. The minimum absolute atomic E-state index is 0. The van der Waals surface area contributed by atoms with E-state index >= 15 is 0 Å². The summed E-state index contributed by atoms with van der Waals surface area (Å²) >= 11 is 0. The van der Waals surface area contributed by atoms with Crippen LogP contribution in [0.15, 0.2) is 0 Å². The number of carbonyl (C=O) groups is 1. The molecule has 0 radical (unpaired) electrons. The lowest BCUT2D eigenvalue weighted by atomic mass is 9.82. The highest BCUT2D eigenvalue weighted by Gasteiger charge is 2.50. The number of carbonyl (C=O) groups excluding carboxylic acids is 1. The van der Waals surface area contributed by atoms with E-state index in [9.17, 15) is 4.79 Å². The molecule has 2 rings (SSSR count). The van der Waals surface area contributed by atoms with Gasteiger partial charge >= 0.3 is 0 Å². The van der Waals surface area contributed by atoms with Crippen LogP contribution in [0.2, 0.25) is 0 Å². The maximum Gasteiger partial charge on any atom is 0.242 e. The van der Waals surface area contributed by atoms with Gasteiger partial charge in [-0.05, 0) is 37.5 Å². The number of rotatable bonds is 3. The number of nitrogens with zero attached hydrogens (tertiary/aromatic N) is 1. The number of hydrogen-bond acceptors (Lipinski definition) is 2. The average Bonchev–Trinajstić information content (AvgIpc) is 2.86. The Morgan fingerprint density at radius 1 is 1.25 bits per heavy atom. The van der Waals surface area contributed by atoms with Crippen LogP contribution in [-0.4, -0.2) is 29.4 Å². The van der Waals surface area contributed by atoms with Crippen molar-refractivity contribution in [3.63, 3.8) is 0 Å². The maximum atomic E-state index is 12.0. The van der Waals surface area contributed by atoms with E-state index in [0.29, 0.717) is 5.41 Å². The molecule has 1 saturated carbocycles. The molecule has 1 aliphatic carbocycles. The molecule has 0 aromatic carbocycles. The molecule has 0 unspecified atom stereocenters. The molecular weight excluding hydrogens is 224 g/mol. The van der Waals surface area contributed by atoms with Crippen LogP contribution in [0, 0.1) is 5.41 Å². The molecule has 0 spiro atoms. The molecule has 0 aromatic heterocycles. The van der Waals surface area contributed by atoms with Gasteiger partial charge in [0, 0.05) is 13.1 Å². The van der Waals surface area contributed by atoms with E-state index in [1.54, 1.807) is 0 Å². The number of nitrogens with two attached hydrogens (primary N) is 1. The summed E-state index contributed by atoms with van der Waals surface area (Å²) < 4.78 is 0. The smallest absolute Gasteiger partial charge is 0.242 e. The second-order valence-corrected chi connectivity index (χ2v) is 5.34. The summed E-state index contributed by atoms with van der Waals surface area (Å²) in [7, 11) is 0. The fourth-order valence-electron chi connectivity index (χ4n) is 2.60. The van der Waals surface area contributed by atoms with Crippen molar-refractivity contribution < 1.29 is 4.79 Å². The highest BCUT2D eigenvalue weighted by molar-refractivity contribution is 5.89. The molecule has 94 valence electrons. The molecule has 2 aliphatic rings. The summed E-state index contributed by atoms with van der Waals surface area (Å²) in [6.07, 6.45) is 5.26. The Balaban J connectivity index is 0.00000128. The first-order valence-electron chi connectivity index (χ1n) is 6.13. The van der Waals surface area contributed by atoms with Gasteiger partial charge in [-0.15, -0.1) is 12.4 Å². The van der Waals surface area contributed by atoms with Crippen LogP contribution in [0.5, 0.6) is 0 Å². The van der Waals surface area contributed by atoms with Gasteiger partial charge in [-0.2, -0.15) is 0 Å². The average molecular weight is 247 g/mol. The third kappa shape index (κ3) is 2.21. The van der Waals surface area contributed by atoms with Gasteiger partial charge < -0.3 is 10.6 Å². The van der Waals surface area contributed by atoms with Crippen molar-refractivity contribution in [3.8, 4) is 0 Å². The van der Waals surface area contributed by atoms with Crippen LogP contribution in [0.1, 0.15) is 46.0 Å². The fraction of sp³-hybridized carbons (Fsp3) is 0.917. The molecule has 1 heterocycles. The maximum absolute atomic E-state index is 12.0. The summed E-state index contributed by atoms with van der Waals surface area (Å²) in [4.78, 5) is 14.0. The monoisotopic (exact) mass is 246 g/mol. The van der Waals surface area contributed by atoms with Crippen molar-refractivity contribution >= 4 is 18.3 Å². The van der Waals surface area contributed by atoms with E-state index in [1.807, 2.05) is 4.90 Å². The predicted molar refractivity (Wildman–Crippen MR) is 67.6 cm³/mol. The van der Waals surface area contributed by atoms with Crippen molar-refractivity contribution in [2.24, 2.45) is 11.1 Å². The molecule has 1 saturated heterocycles. The molecule has 16 heavy (non-hydrogen) atoms. The van der Waals surface area contributed by atoms with Gasteiger partial charge in [0.15, 0.2) is 0 Å². The molecule has 0 aromatic rings. The molecule has 4 heteroatoms. The highest BCUT2D eigenvalue weighted by Crippen LogP contribution is 2.41.